The van der Waals surface area contributed by atoms with Crippen molar-refractivity contribution >= 4 is 0 Å². The van der Waals surface area contributed by atoms with Crippen LogP contribution in [-0.4, -0.2) is 29.9 Å². The highest BCUT2D eigenvalue weighted by Gasteiger charge is 2.36. The maximum atomic E-state index is 9.73. The first-order valence-electron chi connectivity index (χ1n) is 7.35. The van der Waals surface area contributed by atoms with Crippen LogP contribution in [0.25, 0.3) is 0 Å². The van der Waals surface area contributed by atoms with Crippen LogP contribution in [0.2, 0.25) is 0 Å². The van der Waals surface area contributed by atoms with Crippen LogP contribution in [0.15, 0.2) is 30.3 Å². The summed E-state index contributed by atoms with van der Waals surface area (Å²) in [5.41, 5.74) is -0.145. The smallest absolute Gasteiger partial charge is 0.119 e. The zero-order chi connectivity index (χ0) is 13.6. The third-order valence-electron chi connectivity index (χ3n) is 3.90. The van der Waals surface area contributed by atoms with Gasteiger partial charge >= 0.3 is 0 Å². The van der Waals surface area contributed by atoms with Gasteiger partial charge in [0.2, 0.25) is 0 Å². The van der Waals surface area contributed by atoms with Crippen LogP contribution in [-0.2, 0) is 0 Å². The maximum absolute atomic E-state index is 9.73. The Hall–Kier alpha value is -1.06. The monoisotopic (exact) mass is 263 g/mol. The lowest BCUT2D eigenvalue weighted by Gasteiger charge is -2.40. The van der Waals surface area contributed by atoms with E-state index >= 15 is 0 Å². The summed E-state index contributed by atoms with van der Waals surface area (Å²) in [4.78, 5) is 0. The summed E-state index contributed by atoms with van der Waals surface area (Å²) in [5.74, 6) is 0.928. The summed E-state index contributed by atoms with van der Waals surface area (Å²) in [5, 5.41) is 13.3. The van der Waals surface area contributed by atoms with Gasteiger partial charge in [0.25, 0.3) is 0 Å². The standard InChI is InChI=1S/C16H25NO2/c1-2-11-17-16(13-18)10-6-9-15(12-16)19-14-7-4-3-5-8-14/h3-5,7-8,15,17-18H,2,6,9-13H2,1H3. The zero-order valence-electron chi connectivity index (χ0n) is 11.8. The van der Waals surface area contributed by atoms with Gasteiger partial charge in [-0.3, -0.25) is 0 Å². The number of aliphatic hydroxyl groups is 1. The van der Waals surface area contributed by atoms with E-state index in [0.29, 0.717) is 0 Å². The van der Waals surface area contributed by atoms with E-state index in [1.807, 2.05) is 30.3 Å². The summed E-state index contributed by atoms with van der Waals surface area (Å²) in [6.07, 6.45) is 5.40. The molecule has 0 bridgehead atoms. The quantitative estimate of drug-likeness (QED) is 0.829. The van der Waals surface area contributed by atoms with Gasteiger partial charge in [-0.2, -0.15) is 0 Å². The van der Waals surface area contributed by atoms with Crippen molar-refractivity contribution in [3.8, 4) is 5.75 Å². The Kier molecular flexibility index (Phi) is 5.23. The first-order chi connectivity index (χ1) is 9.28. The second-order valence-electron chi connectivity index (χ2n) is 5.51. The van der Waals surface area contributed by atoms with E-state index in [1.165, 1.54) is 0 Å². The minimum atomic E-state index is -0.145. The zero-order valence-corrected chi connectivity index (χ0v) is 11.8. The lowest BCUT2D eigenvalue weighted by molar-refractivity contribution is 0.0511. The third kappa shape index (κ3) is 3.95. The average Bonchev–Trinajstić information content (AvgIpc) is 2.46. The molecule has 2 N–H and O–H groups in total. The molecule has 0 amide bonds. The number of hydrogen-bond donors (Lipinski definition) is 2. The van der Waals surface area contributed by atoms with Crippen LogP contribution in [0.3, 0.4) is 0 Å². The van der Waals surface area contributed by atoms with Crippen LogP contribution in [0.1, 0.15) is 39.0 Å². The second kappa shape index (κ2) is 6.92. The molecule has 3 nitrogen and oxygen atoms in total. The van der Waals surface area contributed by atoms with E-state index in [9.17, 15) is 5.11 Å². The van der Waals surface area contributed by atoms with Crippen molar-refractivity contribution in [1.29, 1.82) is 0 Å². The second-order valence-corrected chi connectivity index (χ2v) is 5.51. The lowest BCUT2D eigenvalue weighted by atomic mass is 9.80. The minimum Gasteiger partial charge on any atom is -0.490 e. The van der Waals surface area contributed by atoms with Gasteiger partial charge in [-0.15, -0.1) is 0 Å². The van der Waals surface area contributed by atoms with E-state index in [-0.39, 0.29) is 18.2 Å². The Morgan fingerprint density at radius 3 is 2.84 bits per heavy atom. The molecule has 0 aromatic heterocycles. The number of benzene rings is 1. The van der Waals surface area contributed by atoms with Crippen molar-refractivity contribution in [3.05, 3.63) is 30.3 Å². The van der Waals surface area contributed by atoms with E-state index in [1.54, 1.807) is 0 Å². The van der Waals surface area contributed by atoms with Crippen LogP contribution in [0, 0.1) is 0 Å². The maximum Gasteiger partial charge on any atom is 0.119 e. The number of ether oxygens (including phenoxy) is 1. The fourth-order valence-corrected chi connectivity index (χ4v) is 2.85. The van der Waals surface area contributed by atoms with Crippen molar-refractivity contribution in [3.63, 3.8) is 0 Å². The molecule has 0 heterocycles. The average molecular weight is 263 g/mol. The molecule has 0 saturated heterocycles. The van der Waals surface area contributed by atoms with Crippen LogP contribution in [0.4, 0.5) is 0 Å². The van der Waals surface area contributed by atoms with E-state index < -0.39 is 0 Å². The number of para-hydroxylation sites is 1. The molecule has 1 aliphatic carbocycles. The predicted octanol–water partition coefficient (Wildman–Crippen LogP) is 2.74. The molecular formula is C16H25NO2. The Morgan fingerprint density at radius 2 is 2.16 bits per heavy atom. The Morgan fingerprint density at radius 1 is 1.37 bits per heavy atom. The molecule has 1 aliphatic rings. The van der Waals surface area contributed by atoms with Gasteiger partial charge in [0.15, 0.2) is 0 Å². The molecule has 19 heavy (non-hydrogen) atoms. The molecule has 2 unspecified atom stereocenters. The van der Waals surface area contributed by atoms with Crippen molar-refractivity contribution < 1.29 is 9.84 Å². The number of nitrogens with one attached hydrogen (secondary N) is 1. The van der Waals surface area contributed by atoms with Crippen LogP contribution < -0.4 is 10.1 Å². The number of hydrogen-bond acceptors (Lipinski definition) is 3. The molecule has 1 aromatic carbocycles. The van der Waals surface area contributed by atoms with Gasteiger partial charge < -0.3 is 15.2 Å². The first-order valence-corrected chi connectivity index (χ1v) is 7.35. The number of rotatable bonds is 6. The van der Waals surface area contributed by atoms with Gasteiger partial charge in [0.05, 0.1) is 6.61 Å². The third-order valence-corrected chi connectivity index (χ3v) is 3.90. The van der Waals surface area contributed by atoms with Gasteiger partial charge in [-0.1, -0.05) is 25.1 Å². The highest BCUT2D eigenvalue weighted by atomic mass is 16.5. The van der Waals surface area contributed by atoms with E-state index in [0.717, 1.165) is 44.4 Å². The Balaban J connectivity index is 1.95. The van der Waals surface area contributed by atoms with Gasteiger partial charge in [0.1, 0.15) is 11.9 Å². The first kappa shape index (κ1) is 14.4. The van der Waals surface area contributed by atoms with Crippen molar-refractivity contribution in [2.24, 2.45) is 0 Å². The molecule has 0 aliphatic heterocycles. The summed E-state index contributed by atoms with van der Waals surface area (Å²) in [7, 11) is 0. The Labute approximate surface area is 116 Å². The van der Waals surface area contributed by atoms with Gasteiger partial charge in [0, 0.05) is 12.0 Å². The molecule has 1 saturated carbocycles. The van der Waals surface area contributed by atoms with E-state index in [2.05, 4.69) is 12.2 Å². The normalized spacial score (nSPS) is 27.2. The minimum absolute atomic E-state index is 0.145. The molecule has 1 aromatic rings. The SMILES string of the molecule is CCCNC1(CO)CCCC(Oc2ccccc2)C1. The molecule has 0 radical (unpaired) electrons. The van der Waals surface area contributed by atoms with E-state index in [4.69, 9.17) is 4.74 Å². The molecule has 2 atom stereocenters. The molecular weight excluding hydrogens is 238 g/mol. The van der Waals surface area contributed by atoms with Gasteiger partial charge in [-0.05, 0) is 44.4 Å². The largest absolute Gasteiger partial charge is 0.490 e. The summed E-state index contributed by atoms with van der Waals surface area (Å²) in [6, 6.07) is 9.97. The highest BCUT2D eigenvalue weighted by Crippen LogP contribution is 2.30. The van der Waals surface area contributed by atoms with Crippen molar-refractivity contribution in [2.45, 2.75) is 50.7 Å². The molecule has 106 valence electrons. The van der Waals surface area contributed by atoms with Gasteiger partial charge in [-0.25, -0.2) is 0 Å². The predicted molar refractivity (Wildman–Crippen MR) is 77.4 cm³/mol. The molecule has 2 rings (SSSR count). The fourth-order valence-electron chi connectivity index (χ4n) is 2.85. The summed E-state index contributed by atoms with van der Waals surface area (Å²) < 4.78 is 6.04. The summed E-state index contributed by atoms with van der Waals surface area (Å²) >= 11 is 0. The highest BCUT2D eigenvalue weighted by molar-refractivity contribution is 5.21. The topological polar surface area (TPSA) is 41.5 Å². The van der Waals surface area contributed by atoms with Crippen LogP contribution in [0.5, 0.6) is 5.75 Å². The van der Waals surface area contributed by atoms with Crippen LogP contribution >= 0.6 is 0 Å². The molecule has 3 heteroatoms. The van der Waals surface area contributed by atoms with Crippen molar-refractivity contribution in [2.75, 3.05) is 13.2 Å². The number of aliphatic hydroxyl groups excluding tert-OH is 1. The fraction of sp³-hybridized carbons (Fsp3) is 0.625. The molecule has 0 spiro atoms. The van der Waals surface area contributed by atoms with Crippen molar-refractivity contribution in [1.82, 2.24) is 5.32 Å². The summed E-state index contributed by atoms with van der Waals surface area (Å²) in [6.45, 7) is 3.30. The Bertz CT molecular complexity index is 368. The lowest BCUT2D eigenvalue weighted by Crippen LogP contribution is -2.53. The molecule has 1 fully saturated rings.